The molecule has 1 aliphatic heterocycles. The minimum absolute atomic E-state index is 0.233. The Morgan fingerprint density at radius 1 is 1.38 bits per heavy atom. The van der Waals surface area contributed by atoms with Crippen LogP contribution in [0.2, 0.25) is 0 Å². The molecule has 7 heteroatoms. The average molecular weight is 336 g/mol. The van der Waals surface area contributed by atoms with Gasteiger partial charge in [-0.3, -0.25) is 4.90 Å². The van der Waals surface area contributed by atoms with Crippen molar-refractivity contribution in [2.45, 2.75) is 40.2 Å². The molecule has 1 aromatic heterocycles. The number of rotatable bonds is 4. The molecule has 0 radical (unpaired) electrons. The lowest BCUT2D eigenvalue weighted by Gasteiger charge is -2.35. The predicted octanol–water partition coefficient (Wildman–Crippen LogP) is 2.85. The van der Waals surface area contributed by atoms with E-state index < -0.39 is 5.60 Å². The lowest BCUT2D eigenvalue weighted by molar-refractivity contribution is 0.0152. The molecule has 0 bridgehead atoms. The predicted molar refractivity (Wildman–Crippen MR) is 92.9 cm³/mol. The summed E-state index contributed by atoms with van der Waals surface area (Å²) in [5.74, 6) is 0.646. The molecular formula is C17H28N4O3. The van der Waals surface area contributed by atoms with Crippen molar-refractivity contribution < 1.29 is 14.1 Å². The molecule has 0 aromatic carbocycles. The first-order chi connectivity index (χ1) is 11.3. The van der Waals surface area contributed by atoms with Crippen LogP contribution in [-0.2, 0) is 4.74 Å². The normalized spacial score (nSPS) is 17.0. The number of ether oxygens (including phenoxy) is 1. The summed E-state index contributed by atoms with van der Waals surface area (Å²) in [4.78, 5) is 16.2. The second-order valence-corrected chi connectivity index (χ2v) is 7.01. The van der Waals surface area contributed by atoms with Gasteiger partial charge in [0.1, 0.15) is 5.60 Å². The van der Waals surface area contributed by atoms with Gasteiger partial charge in [-0.25, -0.2) is 4.79 Å². The van der Waals surface area contributed by atoms with E-state index in [4.69, 9.17) is 9.26 Å². The number of piperazine rings is 1. The maximum absolute atomic E-state index is 12.1. The fraction of sp³-hybridized carbons (Fsp3) is 0.647. The van der Waals surface area contributed by atoms with Crippen LogP contribution in [0.5, 0.6) is 0 Å². The van der Waals surface area contributed by atoms with E-state index in [-0.39, 0.29) is 6.09 Å². The molecule has 1 fully saturated rings. The van der Waals surface area contributed by atoms with Crippen LogP contribution < -0.4 is 5.32 Å². The molecule has 134 valence electrons. The van der Waals surface area contributed by atoms with E-state index in [0.29, 0.717) is 19.0 Å². The fourth-order valence-corrected chi connectivity index (χ4v) is 2.44. The molecule has 0 spiro atoms. The highest BCUT2D eigenvalue weighted by molar-refractivity contribution is 5.68. The van der Waals surface area contributed by atoms with Gasteiger partial charge in [0, 0.05) is 44.5 Å². The highest BCUT2D eigenvalue weighted by Crippen LogP contribution is 2.15. The van der Waals surface area contributed by atoms with Crippen LogP contribution in [0.25, 0.3) is 0 Å². The zero-order valence-corrected chi connectivity index (χ0v) is 15.3. The number of allylic oxidation sites excluding steroid dienone is 1. The number of hydrogen-bond donors (Lipinski definition) is 1. The van der Waals surface area contributed by atoms with E-state index in [1.807, 2.05) is 46.8 Å². The molecule has 0 atom stereocenters. The second kappa shape index (κ2) is 7.70. The van der Waals surface area contributed by atoms with E-state index in [1.165, 1.54) is 0 Å². The number of carbonyl (C=O) groups is 1. The van der Waals surface area contributed by atoms with Gasteiger partial charge in [-0.05, 0) is 34.6 Å². The van der Waals surface area contributed by atoms with Crippen molar-refractivity contribution in [3.63, 3.8) is 0 Å². The van der Waals surface area contributed by atoms with E-state index >= 15 is 0 Å². The van der Waals surface area contributed by atoms with Crippen molar-refractivity contribution in [1.29, 1.82) is 0 Å². The van der Waals surface area contributed by atoms with Gasteiger partial charge in [-0.1, -0.05) is 11.2 Å². The maximum atomic E-state index is 12.1. The van der Waals surface area contributed by atoms with Crippen molar-refractivity contribution in [1.82, 2.24) is 15.0 Å². The third kappa shape index (κ3) is 5.56. The number of amides is 1. The van der Waals surface area contributed by atoms with Crippen LogP contribution in [-0.4, -0.2) is 59.4 Å². The molecule has 1 aromatic rings. The highest BCUT2D eigenvalue weighted by atomic mass is 16.6. The summed E-state index contributed by atoms with van der Waals surface area (Å²) in [5, 5.41) is 7.12. The van der Waals surface area contributed by atoms with Crippen molar-refractivity contribution in [2.75, 3.05) is 38.0 Å². The van der Waals surface area contributed by atoms with Gasteiger partial charge in [-0.2, -0.15) is 0 Å². The molecule has 1 N–H and O–H groups in total. The van der Waals surface area contributed by atoms with Crippen LogP contribution in [0.4, 0.5) is 10.7 Å². The van der Waals surface area contributed by atoms with Gasteiger partial charge >= 0.3 is 6.09 Å². The monoisotopic (exact) mass is 336 g/mol. The Morgan fingerprint density at radius 3 is 2.54 bits per heavy atom. The Balaban J connectivity index is 1.80. The number of hydrogen-bond acceptors (Lipinski definition) is 6. The molecule has 2 heterocycles. The van der Waals surface area contributed by atoms with Crippen LogP contribution in [0.3, 0.4) is 0 Å². The molecule has 0 saturated carbocycles. The standard InChI is InChI=1S/C17H28N4O3/c1-6-14(18-15-11-13(2)19-24-15)12-20-7-9-21(10-8-20)16(22)23-17(3,4)5/h6,11,18H,7-10,12H2,1-5H3. The van der Waals surface area contributed by atoms with Crippen molar-refractivity contribution in [3.05, 3.63) is 23.5 Å². The smallest absolute Gasteiger partial charge is 0.410 e. The number of nitrogens with zero attached hydrogens (tertiary/aromatic N) is 3. The minimum atomic E-state index is -0.453. The molecule has 1 aliphatic rings. The van der Waals surface area contributed by atoms with E-state index in [9.17, 15) is 4.79 Å². The van der Waals surface area contributed by atoms with Gasteiger partial charge in [0.2, 0.25) is 5.88 Å². The summed E-state index contributed by atoms with van der Waals surface area (Å²) >= 11 is 0. The van der Waals surface area contributed by atoms with Crippen molar-refractivity contribution in [3.8, 4) is 0 Å². The first-order valence-electron chi connectivity index (χ1n) is 8.32. The van der Waals surface area contributed by atoms with E-state index in [2.05, 4.69) is 15.4 Å². The Hall–Kier alpha value is -2.02. The largest absolute Gasteiger partial charge is 0.444 e. The SMILES string of the molecule is CC=C(CN1CCN(C(=O)OC(C)(C)C)CC1)Nc1cc(C)no1. The number of aromatic nitrogens is 1. The number of carbonyl (C=O) groups excluding carboxylic acids is 1. The molecule has 1 saturated heterocycles. The molecule has 24 heavy (non-hydrogen) atoms. The lowest BCUT2D eigenvalue weighted by atomic mass is 10.2. The van der Waals surface area contributed by atoms with Crippen LogP contribution >= 0.6 is 0 Å². The third-order valence-electron chi connectivity index (χ3n) is 3.68. The molecule has 7 nitrogen and oxygen atoms in total. The van der Waals surface area contributed by atoms with Gasteiger partial charge in [0.15, 0.2) is 0 Å². The fourth-order valence-electron chi connectivity index (χ4n) is 2.44. The molecule has 2 rings (SSSR count). The van der Waals surface area contributed by atoms with Crippen LogP contribution in [0, 0.1) is 6.92 Å². The average Bonchev–Trinajstić information content (AvgIpc) is 2.90. The lowest BCUT2D eigenvalue weighted by Crippen LogP contribution is -2.50. The third-order valence-corrected chi connectivity index (χ3v) is 3.68. The quantitative estimate of drug-likeness (QED) is 0.912. The van der Waals surface area contributed by atoms with Crippen molar-refractivity contribution in [2.24, 2.45) is 0 Å². The Bertz CT molecular complexity index is 581. The zero-order chi connectivity index (χ0) is 17.7. The van der Waals surface area contributed by atoms with Crippen LogP contribution in [0.15, 0.2) is 22.4 Å². The van der Waals surface area contributed by atoms with Crippen molar-refractivity contribution >= 4 is 12.0 Å². The topological polar surface area (TPSA) is 70.8 Å². The number of nitrogens with one attached hydrogen (secondary N) is 1. The maximum Gasteiger partial charge on any atom is 0.410 e. The second-order valence-electron chi connectivity index (χ2n) is 7.01. The summed E-state index contributed by atoms with van der Waals surface area (Å²) in [7, 11) is 0. The highest BCUT2D eigenvalue weighted by Gasteiger charge is 2.26. The zero-order valence-electron chi connectivity index (χ0n) is 15.3. The molecule has 0 aliphatic carbocycles. The Labute approximate surface area is 143 Å². The van der Waals surface area contributed by atoms with Gasteiger partial charge < -0.3 is 19.5 Å². The summed E-state index contributed by atoms with van der Waals surface area (Å²) in [5.41, 5.74) is 1.45. The summed E-state index contributed by atoms with van der Waals surface area (Å²) in [6.07, 6.45) is 1.79. The minimum Gasteiger partial charge on any atom is -0.444 e. The first-order valence-corrected chi connectivity index (χ1v) is 8.32. The summed E-state index contributed by atoms with van der Waals surface area (Å²) in [6.45, 7) is 13.3. The molecule has 0 unspecified atom stereocenters. The van der Waals surface area contributed by atoms with Gasteiger partial charge in [0.05, 0.1) is 5.69 Å². The van der Waals surface area contributed by atoms with Gasteiger partial charge in [-0.15, -0.1) is 0 Å². The van der Waals surface area contributed by atoms with Crippen LogP contribution in [0.1, 0.15) is 33.4 Å². The molecule has 1 amide bonds. The van der Waals surface area contributed by atoms with E-state index in [0.717, 1.165) is 31.0 Å². The first kappa shape index (κ1) is 18.3. The number of anilines is 1. The number of aryl methyl sites for hydroxylation is 1. The Kier molecular flexibility index (Phi) is 5.88. The molecular weight excluding hydrogens is 308 g/mol. The van der Waals surface area contributed by atoms with E-state index in [1.54, 1.807) is 4.90 Å². The Morgan fingerprint density at radius 2 is 2.04 bits per heavy atom. The van der Waals surface area contributed by atoms with Gasteiger partial charge in [0.25, 0.3) is 0 Å². The summed E-state index contributed by atoms with van der Waals surface area (Å²) < 4.78 is 10.6. The summed E-state index contributed by atoms with van der Waals surface area (Å²) in [6, 6.07) is 1.87.